The van der Waals surface area contributed by atoms with Crippen LogP contribution in [0.2, 0.25) is 10.0 Å². The van der Waals surface area contributed by atoms with Gasteiger partial charge in [-0.2, -0.15) is 0 Å². The molecule has 11 heteroatoms. The quantitative estimate of drug-likeness (QED) is 0.620. The van der Waals surface area contributed by atoms with Crippen molar-refractivity contribution in [2.45, 2.75) is 13.1 Å². The number of carbonyl (C=O) groups is 1. The highest BCUT2D eigenvalue weighted by molar-refractivity contribution is 7.03. The molecule has 7 nitrogen and oxygen atoms in total. The molecule has 3 heterocycles. The highest BCUT2D eigenvalue weighted by Gasteiger charge is 2.28. The van der Waals surface area contributed by atoms with Crippen molar-refractivity contribution in [3.05, 3.63) is 44.8 Å². The van der Waals surface area contributed by atoms with Gasteiger partial charge in [-0.3, -0.25) is 4.79 Å². The largest absolute Gasteiger partial charge is 0.329 e. The normalized spacial score (nSPS) is 13.8. The van der Waals surface area contributed by atoms with Gasteiger partial charge in [0.05, 0.1) is 22.2 Å². The van der Waals surface area contributed by atoms with Crippen molar-refractivity contribution in [2.75, 3.05) is 6.54 Å². The molecule has 0 unspecified atom stereocenters. The van der Waals surface area contributed by atoms with Crippen LogP contribution in [0.4, 0.5) is 4.39 Å². The fraction of sp³-hybridized carbons (Fsp3) is 0.214. The van der Waals surface area contributed by atoms with Crippen LogP contribution in [-0.2, 0) is 13.1 Å². The molecular weight excluding hydrogens is 390 g/mol. The van der Waals surface area contributed by atoms with E-state index < -0.39 is 5.82 Å². The molecule has 25 heavy (non-hydrogen) atoms. The van der Waals surface area contributed by atoms with Crippen molar-refractivity contribution in [1.82, 2.24) is 29.3 Å². The Labute approximate surface area is 155 Å². The summed E-state index contributed by atoms with van der Waals surface area (Å²) in [5.74, 6) is 0.0546. The second-order valence-corrected chi connectivity index (χ2v) is 6.73. The van der Waals surface area contributed by atoms with Gasteiger partial charge in [0.2, 0.25) is 0 Å². The fourth-order valence-corrected chi connectivity index (χ4v) is 3.53. The first-order valence-electron chi connectivity index (χ1n) is 7.18. The maximum Gasteiger partial charge on any atom is 0.255 e. The maximum atomic E-state index is 13.8. The average molecular weight is 399 g/mol. The summed E-state index contributed by atoms with van der Waals surface area (Å²) in [7, 11) is 0. The van der Waals surface area contributed by atoms with Gasteiger partial charge in [0.15, 0.2) is 17.5 Å². The van der Waals surface area contributed by atoms with Crippen molar-refractivity contribution in [3.63, 3.8) is 0 Å². The number of aromatic nitrogens is 5. The van der Waals surface area contributed by atoms with E-state index in [0.717, 1.165) is 0 Å². The number of amides is 1. The number of halogens is 3. The lowest BCUT2D eigenvalue weighted by Crippen LogP contribution is -2.38. The van der Waals surface area contributed by atoms with E-state index in [1.165, 1.54) is 23.7 Å². The lowest BCUT2D eigenvalue weighted by molar-refractivity contribution is 0.0707. The summed E-state index contributed by atoms with van der Waals surface area (Å²) in [6.45, 7) is 1.15. The van der Waals surface area contributed by atoms with Crippen molar-refractivity contribution in [1.29, 1.82) is 0 Å². The van der Waals surface area contributed by atoms with Gasteiger partial charge in [-0.15, -0.1) is 15.3 Å². The topological polar surface area (TPSA) is 76.8 Å². The van der Waals surface area contributed by atoms with E-state index in [-0.39, 0.29) is 28.1 Å². The minimum absolute atomic E-state index is 0.0699. The number of carbonyl (C=O) groups excluding carboxylic acids is 1. The molecule has 2 aromatic heterocycles. The van der Waals surface area contributed by atoms with Crippen LogP contribution in [0.5, 0.6) is 0 Å². The molecule has 0 spiro atoms. The van der Waals surface area contributed by atoms with E-state index in [1.54, 1.807) is 10.3 Å². The highest BCUT2D eigenvalue weighted by Crippen LogP contribution is 2.28. The van der Waals surface area contributed by atoms with E-state index >= 15 is 0 Å². The molecule has 4 rings (SSSR count). The monoisotopic (exact) mass is 398 g/mol. The van der Waals surface area contributed by atoms with Crippen LogP contribution in [0.3, 0.4) is 0 Å². The Hall–Kier alpha value is -2.10. The number of rotatable bonds is 2. The zero-order chi connectivity index (χ0) is 17.6. The Kier molecular flexibility index (Phi) is 4.14. The van der Waals surface area contributed by atoms with Crippen molar-refractivity contribution >= 4 is 40.6 Å². The molecule has 0 N–H and O–H groups in total. The van der Waals surface area contributed by atoms with Crippen molar-refractivity contribution in [3.8, 4) is 11.5 Å². The number of hydrogen-bond acceptors (Lipinski definition) is 6. The summed E-state index contributed by atoms with van der Waals surface area (Å²) in [6.07, 6.45) is 0. The van der Waals surface area contributed by atoms with Gasteiger partial charge >= 0.3 is 0 Å². The van der Waals surface area contributed by atoms with E-state index in [1.807, 2.05) is 4.57 Å². The first-order valence-corrected chi connectivity index (χ1v) is 8.78. The predicted molar refractivity (Wildman–Crippen MR) is 90.1 cm³/mol. The second-order valence-electron chi connectivity index (χ2n) is 5.33. The zero-order valence-corrected chi connectivity index (χ0v) is 14.8. The Morgan fingerprint density at radius 3 is 2.80 bits per heavy atom. The molecule has 3 aromatic rings. The molecule has 1 aliphatic heterocycles. The smallest absolute Gasteiger partial charge is 0.255 e. The van der Waals surface area contributed by atoms with E-state index in [0.29, 0.717) is 30.4 Å². The van der Waals surface area contributed by atoms with Crippen molar-refractivity contribution < 1.29 is 9.18 Å². The van der Waals surface area contributed by atoms with Gasteiger partial charge < -0.3 is 9.47 Å². The summed E-state index contributed by atoms with van der Waals surface area (Å²) in [5, 5.41) is 13.6. The molecule has 0 atom stereocenters. The molecule has 128 valence electrons. The van der Waals surface area contributed by atoms with E-state index in [4.69, 9.17) is 23.2 Å². The molecule has 0 bridgehead atoms. The van der Waals surface area contributed by atoms with Gasteiger partial charge in [-0.1, -0.05) is 27.7 Å². The first-order chi connectivity index (χ1) is 12.1. The number of hydrogen-bond donors (Lipinski definition) is 0. The third-order valence-electron chi connectivity index (χ3n) is 3.90. The Bertz CT molecular complexity index is 961. The average Bonchev–Trinajstić information content (AvgIpc) is 3.27. The second kappa shape index (κ2) is 6.32. The minimum atomic E-state index is -0.798. The van der Waals surface area contributed by atoms with Crippen LogP contribution in [0.15, 0.2) is 17.5 Å². The van der Waals surface area contributed by atoms with Crippen LogP contribution in [0.1, 0.15) is 16.2 Å². The summed E-state index contributed by atoms with van der Waals surface area (Å²) in [4.78, 5) is 14.2. The Balaban J connectivity index is 1.61. The summed E-state index contributed by atoms with van der Waals surface area (Å²) in [6, 6.07) is 2.73. The van der Waals surface area contributed by atoms with E-state index in [9.17, 15) is 9.18 Å². The molecule has 0 aliphatic carbocycles. The van der Waals surface area contributed by atoms with Crippen LogP contribution < -0.4 is 0 Å². The third kappa shape index (κ3) is 2.78. The zero-order valence-electron chi connectivity index (χ0n) is 12.5. The summed E-state index contributed by atoms with van der Waals surface area (Å²) in [5.41, 5.74) is 0.715. The molecule has 0 saturated carbocycles. The minimum Gasteiger partial charge on any atom is -0.329 e. The SMILES string of the molecule is O=C(c1ccc(Cl)c(F)c1Cl)N1CCn2c(nnc2-c2csnn2)C1. The van der Waals surface area contributed by atoms with Gasteiger partial charge in [0, 0.05) is 18.5 Å². The molecule has 1 amide bonds. The Morgan fingerprint density at radius 2 is 2.04 bits per heavy atom. The molecule has 0 fully saturated rings. The molecule has 1 aliphatic rings. The summed E-state index contributed by atoms with van der Waals surface area (Å²) < 4.78 is 19.6. The van der Waals surface area contributed by atoms with Gasteiger partial charge in [-0.05, 0) is 23.7 Å². The number of fused-ring (bicyclic) bond motifs is 1. The van der Waals surface area contributed by atoms with Gasteiger partial charge in [-0.25, -0.2) is 4.39 Å². The molecule has 0 radical (unpaired) electrons. The van der Waals surface area contributed by atoms with Crippen LogP contribution in [0, 0.1) is 5.82 Å². The fourth-order valence-electron chi connectivity index (χ4n) is 2.64. The van der Waals surface area contributed by atoms with Crippen LogP contribution in [-0.4, -0.2) is 41.7 Å². The van der Waals surface area contributed by atoms with Crippen LogP contribution >= 0.6 is 34.7 Å². The lowest BCUT2D eigenvalue weighted by atomic mass is 10.1. The molecule has 0 saturated heterocycles. The standard InChI is InChI=1S/C14H9Cl2FN6OS/c15-8-2-1-7(11(16)12(8)17)14(24)22-3-4-23-10(5-22)19-20-13(23)9-6-25-21-18-9/h1-2,6H,3-5H2. The Morgan fingerprint density at radius 1 is 1.20 bits per heavy atom. The van der Waals surface area contributed by atoms with Crippen LogP contribution in [0.25, 0.3) is 11.5 Å². The number of nitrogens with zero attached hydrogens (tertiary/aromatic N) is 6. The predicted octanol–water partition coefficient (Wildman–Crippen LogP) is 2.90. The molecular formula is C14H9Cl2FN6OS. The molecule has 1 aromatic carbocycles. The van der Waals surface area contributed by atoms with E-state index in [2.05, 4.69) is 19.8 Å². The first kappa shape index (κ1) is 16.4. The van der Waals surface area contributed by atoms with Crippen molar-refractivity contribution in [2.24, 2.45) is 0 Å². The maximum absolute atomic E-state index is 13.8. The van der Waals surface area contributed by atoms with Gasteiger partial charge in [0.25, 0.3) is 5.91 Å². The number of benzene rings is 1. The lowest BCUT2D eigenvalue weighted by Gasteiger charge is -2.28. The van der Waals surface area contributed by atoms with Gasteiger partial charge in [0.1, 0.15) is 5.69 Å². The summed E-state index contributed by atoms with van der Waals surface area (Å²) >= 11 is 12.8. The third-order valence-corrected chi connectivity index (χ3v) is 5.06. The highest BCUT2D eigenvalue weighted by atomic mass is 35.5.